The number of hydrogen-bond donors (Lipinski definition) is 1. The number of halogens is 1. The zero-order valence-electron chi connectivity index (χ0n) is 9.89. The summed E-state index contributed by atoms with van der Waals surface area (Å²) in [6, 6.07) is 3.94. The van der Waals surface area contributed by atoms with Crippen LogP contribution in [0.1, 0.15) is 28.8 Å². The van der Waals surface area contributed by atoms with Gasteiger partial charge in [0.15, 0.2) is 0 Å². The number of hydrogen-bond acceptors (Lipinski definition) is 3. The summed E-state index contributed by atoms with van der Waals surface area (Å²) in [6.07, 6.45) is 2.48. The predicted octanol–water partition coefficient (Wildman–Crippen LogP) is 2.94. The van der Waals surface area contributed by atoms with Crippen LogP contribution in [0.15, 0.2) is 18.2 Å². The van der Waals surface area contributed by atoms with Crippen molar-refractivity contribution in [2.45, 2.75) is 24.7 Å². The fourth-order valence-corrected chi connectivity index (χ4v) is 2.99. The second kappa shape index (κ2) is 6.20. The fourth-order valence-electron chi connectivity index (χ4n) is 1.94. The van der Waals surface area contributed by atoms with E-state index in [1.54, 1.807) is 11.8 Å². The smallest absolute Gasteiger partial charge is 0.335 e. The summed E-state index contributed by atoms with van der Waals surface area (Å²) in [4.78, 5) is 10.8. The molecule has 1 heterocycles. The zero-order valence-corrected chi connectivity index (χ0v) is 10.7. The fraction of sp³-hybridized carbons (Fsp3) is 0.462. The van der Waals surface area contributed by atoms with Gasteiger partial charge in [0.1, 0.15) is 5.82 Å². The Morgan fingerprint density at radius 2 is 2.33 bits per heavy atom. The Hall–Kier alpha value is -1.07. The molecule has 1 aromatic carbocycles. The number of aromatic carboxylic acids is 1. The molecule has 3 nitrogen and oxygen atoms in total. The number of carboxylic acid groups (broad SMARTS) is 1. The van der Waals surface area contributed by atoms with Crippen molar-refractivity contribution >= 4 is 17.7 Å². The van der Waals surface area contributed by atoms with Crippen molar-refractivity contribution in [2.24, 2.45) is 0 Å². The first-order valence-electron chi connectivity index (χ1n) is 5.87. The molecule has 2 rings (SSSR count). The Morgan fingerprint density at radius 1 is 1.50 bits per heavy atom. The molecule has 1 unspecified atom stereocenters. The van der Waals surface area contributed by atoms with E-state index in [0.717, 1.165) is 31.3 Å². The summed E-state index contributed by atoms with van der Waals surface area (Å²) in [5.41, 5.74) is 0.707. The molecule has 1 atom stereocenters. The molecule has 1 fully saturated rings. The molecule has 98 valence electrons. The highest BCUT2D eigenvalue weighted by molar-refractivity contribution is 7.98. The Balaban J connectivity index is 1.89. The standard InChI is InChI=1S/C13H15FO3S/c14-11-5-9(4-10(6-11)13(15)16)7-18-8-12-2-1-3-17-12/h4-6,12H,1-3,7-8H2,(H,15,16). The van der Waals surface area contributed by atoms with Gasteiger partial charge in [-0.3, -0.25) is 0 Å². The van der Waals surface area contributed by atoms with Crippen molar-refractivity contribution < 1.29 is 19.0 Å². The maximum absolute atomic E-state index is 13.2. The summed E-state index contributed by atoms with van der Waals surface area (Å²) in [5.74, 6) is -0.112. The molecule has 1 N–H and O–H groups in total. The van der Waals surface area contributed by atoms with Crippen molar-refractivity contribution in [1.29, 1.82) is 0 Å². The third-order valence-electron chi connectivity index (χ3n) is 2.80. The molecule has 0 bridgehead atoms. The highest BCUT2D eigenvalue weighted by Gasteiger charge is 2.15. The van der Waals surface area contributed by atoms with Gasteiger partial charge in [0.05, 0.1) is 11.7 Å². The molecule has 0 aliphatic carbocycles. The number of thioether (sulfide) groups is 1. The van der Waals surface area contributed by atoms with Gasteiger partial charge < -0.3 is 9.84 Å². The molecule has 5 heteroatoms. The highest BCUT2D eigenvalue weighted by Crippen LogP contribution is 2.21. The number of benzene rings is 1. The second-order valence-corrected chi connectivity index (χ2v) is 5.33. The van der Waals surface area contributed by atoms with Crippen molar-refractivity contribution in [3.8, 4) is 0 Å². The molecular formula is C13H15FO3S. The summed E-state index contributed by atoms with van der Waals surface area (Å²) >= 11 is 1.65. The number of rotatable bonds is 5. The van der Waals surface area contributed by atoms with E-state index in [2.05, 4.69) is 0 Å². The van der Waals surface area contributed by atoms with Crippen LogP contribution in [-0.2, 0) is 10.5 Å². The monoisotopic (exact) mass is 270 g/mol. The van der Waals surface area contributed by atoms with Crippen LogP contribution in [0, 0.1) is 5.82 Å². The molecule has 1 aromatic rings. The summed E-state index contributed by atoms with van der Waals surface area (Å²) in [5, 5.41) is 8.84. The predicted molar refractivity (Wildman–Crippen MR) is 68.5 cm³/mol. The van der Waals surface area contributed by atoms with Crippen LogP contribution >= 0.6 is 11.8 Å². The minimum absolute atomic E-state index is 0.00252. The minimum Gasteiger partial charge on any atom is -0.478 e. The molecule has 1 saturated heterocycles. The summed E-state index contributed by atoms with van der Waals surface area (Å²) < 4.78 is 18.7. The van der Waals surface area contributed by atoms with Crippen molar-refractivity contribution in [1.82, 2.24) is 0 Å². The first-order valence-corrected chi connectivity index (χ1v) is 7.03. The lowest BCUT2D eigenvalue weighted by Crippen LogP contribution is -2.08. The Kier molecular flexibility index (Phi) is 4.60. The van der Waals surface area contributed by atoms with E-state index in [9.17, 15) is 9.18 Å². The van der Waals surface area contributed by atoms with Gasteiger partial charge in [0.2, 0.25) is 0 Å². The first kappa shape index (κ1) is 13.4. The van der Waals surface area contributed by atoms with Crippen LogP contribution in [-0.4, -0.2) is 29.5 Å². The van der Waals surface area contributed by atoms with Crippen LogP contribution in [0.2, 0.25) is 0 Å². The number of ether oxygens (including phenoxy) is 1. The van der Waals surface area contributed by atoms with E-state index in [-0.39, 0.29) is 5.56 Å². The van der Waals surface area contributed by atoms with Crippen molar-refractivity contribution in [3.63, 3.8) is 0 Å². The lowest BCUT2D eigenvalue weighted by atomic mass is 10.1. The van der Waals surface area contributed by atoms with Crippen LogP contribution in [0.25, 0.3) is 0 Å². The quantitative estimate of drug-likeness (QED) is 0.893. The lowest BCUT2D eigenvalue weighted by molar-refractivity contribution is 0.0696. The molecule has 0 amide bonds. The summed E-state index contributed by atoms with van der Waals surface area (Å²) in [6.45, 7) is 0.828. The number of carboxylic acids is 1. The van der Waals surface area contributed by atoms with Crippen LogP contribution in [0.5, 0.6) is 0 Å². The molecule has 18 heavy (non-hydrogen) atoms. The van der Waals surface area contributed by atoms with E-state index in [4.69, 9.17) is 9.84 Å². The molecule has 1 aliphatic rings. The second-order valence-electron chi connectivity index (χ2n) is 4.30. The molecular weight excluding hydrogens is 255 g/mol. The maximum Gasteiger partial charge on any atom is 0.335 e. The van der Waals surface area contributed by atoms with E-state index in [0.29, 0.717) is 17.4 Å². The van der Waals surface area contributed by atoms with E-state index < -0.39 is 11.8 Å². The average Bonchev–Trinajstić information content (AvgIpc) is 2.81. The van der Waals surface area contributed by atoms with Gasteiger partial charge in [-0.25, -0.2) is 9.18 Å². The first-order chi connectivity index (χ1) is 8.65. The zero-order chi connectivity index (χ0) is 13.0. The SMILES string of the molecule is O=C(O)c1cc(F)cc(CSCC2CCCO2)c1. The average molecular weight is 270 g/mol. The van der Waals surface area contributed by atoms with Gasteiger partial charge in [-0.15, -0.1) is 0 Å². The van der Waals surface area contributed by atoms with Gasteiger partial charge in [0, 0.05) is 18.1 Å². The largest absolute Gasteiger partial charge is 0.478 e. The Bertz CT molecular complexity index is 430. The van der Waals surface area contributed by atoms with Gasteiger partial charge in [-0.05, 0) is 36.6 Å². The van der Waals surface area contributed by atoms with Crippen molar-refractivity contribution in [3.05, 3.63) is 35.1 Å². The van der Waals surface area contributed by atoms with Gasteiger partial charge in [-0.2, -0.15) is 11.8 Å². The van der Waals surface area contributed by atoms with E-state index in [1.165, 1.54) is 12.1 Å². The molecule has 0 radical (unpaired) electrons. The lowest BCUT2D eigenvalue weighted by Gasteiger charge is -2.09. The Morgan fingerprint density at radius 3 is 3.00 bits per heavy atom. The van der Waals surface area contributed by atoms with Gasteiger partial charge >= 0.3 is 5.97 Å². The molecule has 0 aromatic heterocycles. The van der Waals surface area contributed by atoms with Gasteiger partial charge in [-0.1, -0.05) is 0 Å². The molecule has 0 saturated carbocycles. The van der Waals surface area contributed by atoms with E-state index in [1.807, 2.05) is 0 Å². The molecule has 0 spiro atoms. The number of carbonyl (C=O) groups is 1. The third kappa shape index (κ3) is 3.71. The van der Waals surface area contributed by atoms with Crippen molar-refractivity contribution in [2.75, 3.05) is 12.4 Å². The van der Waals surface area contributed by atoms with Crippen LogP contribution < -0.4 is 0 Å². The highest BCUT2D eigenvalue weighted by atomic mass is 32.2. The minimum atomic E-state index is -1.10. The van der Waals surface area contributed by atoms with Crippen LogP contribution in [0.3, 0.4) is 0 Å². The normalized spacial score (nSPS) is 19.1. The molecule has 1 aliphatic heterocycles. The van der Waals surface area contributed by atoms with Gasteiger partial charge in [0.25, 0.3) is 0 Å². The summed E-state index contributed by atoms with van der Waals surface area (Å²) in [7, 11) is 0. The maximum atomic E-state index is 13.2. The Labute approximate surface area is 109 Å². The van der Waals surface area contributed by atoms with Crippen LogP contribution in [0.4, 0.5) is 4.39 Å². The van der Waals surface area contributed by atoms with E-state index >= 15 is 0 Å². The topological polar surface area (TPSA) is 46.5 Å². The third-order valence-corrected chi connectivity index (χ3v) is 3.95.